The van der Waals surface area contributed by atoms with Gasteiger partial charge in [-0.1, -0.05) is 0 Å². The highest BCUT2D eigenvalue weighted by molar-refractivity contribution is 5.71. The number of hydrogen-bond acceptors (Lipinski definition) is 2. The molecule has 2 saturated carbocycles. The fourth-order valence-electron chi connectivity index (χ4n) is 2.98. The van der Waals surface area contributed by atoms with E-state index in [1.54, 1.807) is 0 Å². The Morgan fingerprint density at radius 3 is 2.17 bits per heavy atom. The molecule has 2 bridgehead atoms. The van der Waals surface area contributed by atoms with Crippen molar-refractivity contribution in [1.82, 2.24) is 0 Å². The van der Waals surface area contributed by atoms with Gasteiger partial charge in [0, 0.05) is 6.04 Å². The van der Waals surface area contributed by atoms with Gasteiger partial charge in [-0.05, 0) is 37.5 Å². The minimum atomic E-state index is -0.602. The Bertz CT molecular complexity index is 191. The van der Waals surface area contributed by atoms with Gasteiger partial charge in [-0.15, -0.1) is 0 Å². The number of rotatable bonds is 1. The predicted octanol–water partition coefficient (Wildman–Crippen LogP) is 0.834. The van der Waals surface area contributed by atoms with Gasteiger partial charge in [0.1, 0.15) is 0 Å². The average Bonchev–Trinajstić information content (AvgIpc) is 2.24. The highest BCUT2D eigenvalue weighted by Gasteiger charge is 2.45. The molecule has 2 aliphatic carbocycles. The number of nitrogens with two attached hydrogens (primary N) is 1. The lowest BCUT2D eigenvalue weighted by atomic mass is 9.76. The van der Waals surface area contributed by atoms with Gasteiger partial charge in [-0.3, -0.25) is 4.79 Å². The lowest BCUT2D eigenvalue weighted by Gasteiger charge is -2.30. The number of aliphatic carboxylic acids is 1. The normalized spacial score (nSPS) is 46.1. The summed E-state index contributed by atoms with van der Waals surface area (Å²) in [7, 11) is 0. The zero-order chi connectivity index (χ0) is 8.72. The Morgan fingerprint density at radius 1 is 1.25 bits per heavy atom. The van der Waals surface area contributed by atoms with Gasteiger partial charge >= 0.3 is 5.97 Å². The zero-order valence-electron chi connectivity index (χ0n) is 7.07. The molecule has 0 saturated heterocycles. The monoisotopic (exact) mass is 169 g/mol. The number of fused-ring (bicyclic) bond motifs is 2. The van der Waals surface area contributed by atoms with Crippen molar-refractivity contribution in [1.29, 1.82) is 0 Å². The van der Waals surface area contributed by atoms with Crippen molar-refractivity contribution in [3.05, 3.63) is 0 Å². The van der Waals surface area contributed by atoms with Crippen LogP contribution in [0.5, 0.6) is 0 Å². The molecule has 0 aliphatic heterocycles. The van der Waals surface area contributed by atoms with E-state index in [2.05, 4.69) is 0 Å². The first-order valence-electron chi connectivity index (χ1n) is 4.67. The van der Waals surface area contributed by atoms with Gasteiger partial charge in [-0.2, -0.15) is 0 Å². The second kappa shape index (κ2) is 2.73. The number of hydrogen-bond donors (Lipinski definition) is 2. The van der Waals surface area contributed by atoms with Gasteiger partial charge in [0.2, 0.25) is 0 Å². The predicted molar refractivity (Wildman–Crippen MR) is 44.5 cm³/mol. The number of carboxylic acids is 1. The van der Waals surface area contributed by atoms with E-state index in [1.807, 2.05) is 0 Å². The molecule has 0 radical (unpaired) electrons. The van der Waals surface area contributed by atoms with Gasteiger partial charge in [0.05, 0.1) is 5.92 Å². The summed E-state index contributed by atoms with van der Waals surface area (Å²) in [5.74, 6) is 0.0618. The SMILES string of the molecule is NC1CC2CCC(C1)C2C(=O)O. The molecular weight excluding hydrogens is 154 g/mol. The Hall–Kier alpha value is -0.570. The average molecular weight is 169 g/mol. The van der Waals surface area contributed by atoms with E-state index >= 15 is 0 Å². The van der Waals surface area contributed by atoms with E-state index < -0.39 is 5.97 Å². The first-order valence-corrected chi connectivity index (χ1v) is 4.67. The molecule has 2 atom stereocenters. The third kappa shape index (κ3) is 1.12. The van der Waals surface area contributed by atoms with E-state index in [0.29, 0.717) is 11.8 Å². The molecule has 2 rings (SSSR count). The van der Waals surface area contributed by atoms with Gasteiger partial charge < -0.3 is 10.8 Å². The maximum absolute atomic E-state index is 10.9. The highest BCUT2D eigenvalue weighted by atomic mass is 16.4. The van der Waals surface area contributed by atoms with Crippen molar-refractivity contribution in [2.75, 3.05) is 0 Å². The lowest BCUT2D eigenvalue weighted by molar-refractivity contribution is -0.145. The highest BCUT2D eigenvalue weighted by Crippen LogP contribution is 2.46. The van der Waals surface area contributed by atoms with Crippen LogP contribution < -0.4 is 5.73 Å². The molecule has 68 valence electrons. The topological polar surface area (TPSA) is 63.3 Å². The summed E-state index contributed by atoms with van der Waals surface area (Å²) < 4.78 is 0. The fourth-order valence-corrected chi connectivity index (χ4v) is 2.98. The third-order valence-corrected chi connectivity index (χ3v) is 3.42. The number of carbonyl (C=O) groups is 1. The molecule has 3 N–H and O–H groups in total. The molecule has 0 amide bonds. The summed E-state index contributed by atoms with van der Waals surface area (Å²) in [5, 5.41) is 8.96. The fraction of sp³-hybridized carbons (Fsp3) is 0.889. The van der Waals surface area contributed by atoms with E-state index in [4.69, 9.17) is 10.8 Å². The molecule has 2 aliphatic rings. The van der Waals surface area contributed by atoms with Crippen LogP contribution in [0.2, 0.25) is 0 Å². The Balaban J connectivity index is 2.14. The third-order valence-electron chi connectivity index (χ3n) is 3.42. The van der Waals surface area contributed by atoms with Crippen molar-refractivity contribution in [2.24, 2.45) is 23.5 Å². The van der Waals surface area contributed by atoms with Crippen LogP contribution in [0.3, 0.4) is 0 Å². The zero-order valence-corrected chi connectivity index (χ0v) is 7.07. The lowest BCUT2D eigenvalue weighted by Crippen LogP contribution is -2.38. The first kappa shape index (κ1) is 8.05. The first-order chi connectivity index (χ1) is 5.68. The molecule has 0 aromatic rings. The van der Waals surface area contributed by atoms with Crippen LogP contribution in [0.1, 0.15) is 25.7 Å². The van der Waals surface area contributed by atoms with Crippen LogP contribution in [-0.4, -0.2) is 17.1 Å². The largest absolute Gasteiger partial charge is 0.481 e. The molecular formula is C9H15NO2. The second-order valence-electron chi connectivity index (χ2n) is 4.19. The van der Waals surface area contributed by atoms with Crippen molar-refractivity contribution >= 4 is 5.97 Å². The molecule has 0 aromatic heterocycles. The standard InChI is InChI=1S/C9H15NO2/c10-7-3-5-1-2-6(4-7)8(5)9(11)12/h5-8H,1-4,10H2,(H,11,12). The summed E-state index contributed by atoms with van der Waals surface area (Å²) in [5.41, 5.74) is 5.82. The molecule has 0 aromatic carbocycles. The van der Waals surface area contributed by atoms with E-state index in [-0.39, 0.29) is 12.0 Å². The van der Waals surface area contributed by atoms with Crippen molar-refractivity contribution < 1.29 is 9.90 Å². The van der Waals surface area contributed by atoms with E-state index in [9.17, 15) is 4.79 Å². The summed E-state index contributed by atoms with van der Waals surface area (Å²) >= 11 is 0. The quantitative estimate of drug-likeness (QED) is 0.611. The van der Waals surface area contributed by atoms with Gasteiger partial charge in [0.15, 0.2) is 0 Å². The summed E-state index contributed by atoms with van der Waals surface area (Å²) in [4.78, 5) is 10.9. The smallest absolute Gasteiger partial charge is 0.307 e. The maximum atomic E-state index is 10.9. The molecule has 0 heterocycles. The molecule has 12 heavy (non-hydrogen) atoms. The van der Waals surface area contributed by atoms with Gasteiger partial charge in [-0.25, -0.2) is 0 Å². The van der Waals surface area contributed by atoms with Crippen LogP contribution in [0.15, 0.2) is 0 Å². The minimum absolute atomic E-state index is 0.0789. The van der Waals surface area contributed by atoms with Crippen LogP contribution in [0.4, 0.5) is 0 Å². The maximum Gasteiger partial charge on any atom is 0.307 e. The molecule has 3 heteroatoms. The minimum Gasteiger partial charge on any atom is -0.481 e. The van der Waals surface area contributed by atoms with E-state index in [1.165, 1.54) is 0 Å². The van der Waals surface area contributed by atoms with Crippen molar-refractivity contribution in [3.8, 4) is 0 Å². The van der Waals surface area contributed by atoms with Crippen LogP contribution in [0, 0.1) is 17.8 Å². The van der Waals surface area contributed by atoms with Crippen LogP contribution in [0.25, 0.3) is 0 Å². The molecule has 3 nitrogen and oxygen atoms in total. The van der Waals surface area contributed by atoms with E-state index in [0.717, 1.165) is 25.7 Å². The second-order valence-corrected chi connectivity index (χ2v) is 4.19. The van der Waals surface area contributed by atoms with Crippen LogP contribution >= 0.6 is 0 Å². The molecule has 0 spiro atoms. The molecule has 2 unspecified atom stereocenters. The summed E-state index contributed by atoms with van der Waals surface area (Å²) in [6.07, 6.45) is 4.01. The summed E-state index contributed by atoms with van der Waals surface area (Å²) in [6, 6.07) is 0.262. The summed E-state index contributed by atoms with van der Waals surface area (Å²) in [6.45, 7) is 0. The van der Waals surface area contributed by atoms with Crippen molar-refractivity contribution in [3.63, 3.8) is 0 Å². The Morgan fingerprint density at radius 2 is 1.75 bits per heavy atom. The Labute approximate surface area is 71.9 Å². The number of carboxylic acid groups (broad SMARTS) is 1. The van der Waals surface area contributed by atoms with Crippen LogP contribution in [-0.2, 0) is 4.79 Å². The molecule has 2 fully saturated rings. The van der Waals surface area contributed by atoms with Gasteiger partial charge in [0.25, 0.3) is 0 Å². The Kier molecular flexibility index (Phi) is 1.83. The van der Waals surface area contributed by atoms with Crippen molar-refractivity contribution in [2.45, 2.75) is 31.7 Å².